The summed E-state index contributed by atoms with van der Waals surface area (Å²) in [7, 11) is 1.37. The molecule has 2 rings (SSSR count). The first kappa shape index (κ1) is 12.1. The molecule has 0 saturated carbocycles. The van der Waals surface area contributed by atoms with Crippen molar-refractivity contribution in [3.63, 3.8) is 0 Å². The van der Waals surface area contributed by atoms with Gasteiger partial charge in [-0.25, -0.2) is 4.39 Å². The average Bonchev–Trinajstić information content (AvgIpc) is 2.87. The van der Waals surface area contributed by atoms with E-state index in [0.717, 1.165) is 18.2 Å². The number of ether oxygens (including phenoxy) is 1. The van der Waals surface area contributed by atoms with Crippen molar-refractivity contribution in [3.8, 4) is 23.1 Å². The molecule has 18 heavy (non-hydrogen) atoms. The number of halogens is 1. The lowest BCUT2D eigenvalue weighted by Crippen LogP contribution is -1.92. The summed E-state index contributed by atoms with van der Waals surface area (Å²) < 4.78 is 23.5. The van der Waals surface area contributed by atoms with Gasteiger partial charge in [-0.1, -0.05) is 12.1 Å². The predicted molar refractivity (Wildman–Crippen MR) is 62.5 cm³/mol. The van der Waals surface area contributed by atoms with E-state index >= 15 is 0 Å². The van der Waals surface area contributed by atoms with Gasteiger partial charge >= 0.3 is 0 Å². The Balaban J connectivity index is 2.58. The van der Waals surface area contributed by atoms with E-state index in [2.05, 4.69) is 5.16 Å². The van der Waals surface area contributed by atoms with Crippen molar-refractivity contribution in [1.29, 1.82) is 5.26 Å². The number of hydrogen-bond donors (Lipinski definition) is 0. The van der Waals surface area contributed by atoms with Crippen LogP contribution in [0, 0.1) is 17.1 Å². The van der Waals surface area contributed by atoms with Gasteiger partial charge in [0, 0.05) is 11.6 Å². The summed E-state index contributed by atoms with van der Waals surface area (Å²) in [5.74, 6) is -0.0758. The number of rotatable bonds is 3. The van der Waals surface area contributed by atoms with E-state index in [-0.39, 0.29) is 11.3 Å². The molecule has 0 aliphatic rings. The average molecular weight is 246 g/mol. The van der Waals surface area contributed by atoms with Crippen LogP contribution in [-0.4, -0.2) is 12.3 Å². The first-order valence-corrected chi connectivity index (χ1v) is 5.43. The van der Waals surface area contributed by atoms with Crippen LogP contribution in [0.15, 0.2) is 22.7 Å². The number of aromatic nitrogens is 1. The molecule has 2 aromatic rings. The number of benzene rings is 1. The van der Waals surface area contributed by atoms with Gasteiger partial charge < -0.3 is 9.26 Å². The number of nitrogens with zero attached hydrogens (tertiary/aromatic N) is 2. The standard InChI is InChI=1S/C13H11FN2O2/c1-3-9-5-12(18-16-9)10-6-13(17-2)11(14)4-8(10)7-15/h4-6H,3H2,1-2H3. The molecule has 1 aromatic heterocycles. The highest BCUT2D eigenvalue weighted by atomic mass is 19.1. The molecular weight excluding hydrogens is 235 g/mol. The van der Waals surface area contributed by atoms with Crippen molar-refractivity contribution in [2.75, 3.05) is 7.11 Å². The molecule has 4 nitrogen and oxygen atoms in total. The highest BCUT2D eigenvalue weighted by Gasteiger charge is 2.15. The van der Waals surface area contributed by atoms with E-state index in [1.54, 1.807) is 6.07 Å². The maximum Gasteiger partial charge on any atom is 0.168 e. The molecule has 0 aliphatic heterocycles. The van der Waals surface area contributed by atoms with Gasteiger partial charge in [0.15, 0.2) is 17.3 Å². The highest BCUT2D eigenvalue weighted by molar-refractivity contribution is 5.68. The highest BCUT2D eigenvalue weighted by Crippen LogP contribution is 2.30. The first-order valence-electron chi connectivity index (χ1n) is 5.43. The van der Waals surface area contributed by atoms with Gasteiger partial charge in [-0.3, -0.25) is 0 Å². The van der Waals surface area contributed by atoms with Crippen LogP contribution in [0.4, 0.5) is 4.39 Å². The van der Waals surface area contributed by atoms with E-state index < -0.39 is 5.82 Å². The van der Waals surface area contributed by atoms with Gasteiger partial charge in [0.25, 0.3) is 0 Å². The second kappa shape index (κ2) is 4.88. The number of aryl methyl sites for hydroxylation is 1. The van der Waals surface area contributed by atoms with Crippen molar-refractivity contribution >= 4 is 0 Å². The number of hydrogen-bond acceptors (Lipinski definition) is 4. The van der Waals surface area contributed by atoms with Crippen molar-refractivity contribution in [3.05, 3.63) is 35.3 Å². The lowest BCUT2D eigenvalue weighted by Gasteiger charge is -2.05. The Morgan fingerprint density at radius 3 is 2.78 bits per heavy atom. The van der Waals surface area contributed by atoms with Gasteiger partial charge in [-0.05, 0) is 18.6 Å². The Labute approximate surface area is 104 Å². The minimum absolute atomic E-state index is 0.0680. The molecule has 5 heteroatoms. The SMILES string of the molecule is CCc1cc(-c2cc(OC)c(F)cc2C#N)on1. The minimum atomic E-state index is -0.576. The van der Waals surface area contributed by atoms with Crippen LogP contribution < -0.4 is 4.74 Å². The molecule has 1 aromatic carbocycles. The van der Waals surface area contributed by atoms with E-state index in [0.29, 0.717) is 11.3 Å². The van der Waals surface area contributed by atoms with Gasteiger partial charge in [-0.15, -0.1) is 0 Å². The normalized spacial score (nSPS) is 10.1. The molecule has 0 atom stereocenters. The molecule has 0 amide bonds. The summed E-state index contributed by atoms with van der Waals surface area (Å²) in [6, 6.07) is 6.23. The zero-order chi connectivity index (χ0) is 13.1. The second-order valence-corrected chi connectivity index (χ2v) is 3.68. The fourth-order valence-electron chi connectivity index (χ4n) is 1.61. The van der Waals surface area contributed by atoms with Crippen molar-refractivity contribution < 1.29 is 13.7 Å². The zero-order valence-electron chi connectivity index (χ0n) is 10.0. The summed E-state index contributed by atoms with van der Waals surface area (Å²) >= 11 is 0. The fraction of sp³-hybridized carbons (Fsp3) is 0.231. The maximum absolute atomic E-state index is 13.5. The quantitative estimate of drug-likeness (QED) is 0.835. The van der Waals surface area contributed by atoms with Crippen LogP contribution >= 0.6 is 0 Å². The summed E-state index contributed by atoms with van der Waals surface area (Å²) in [4.78, 5) is 0. The molecule has 92 valence electrons. The van der Waals surface area contributed by atoms with E-state index in [4.69, 9.17) is 14.5 Å². The molecular formula is C13H11FN2O2. The Morgan fingerprint density at radius 2 is 2.22 bits per heavy atom. The minimum Gasteiger partial charge on any atom is -0.494 e. The fourth-order valence-corrected chi connectivity index (χ4v) is 1.61. The smallest absolute Gasteiger partial charge is 0.168 e. The Hall–Kier alpha value is -2.35. The molecule has 0 bridgehead atoms. The molecule has 0 fully saturated rings. The Kier molecular flexibility index (Phi) is 3.28. The summed E-state index contributed by atoms with van der Waals surface area (Å²) in [6.45, 7) is 1.94. The summed E-state index contributed by atoms with van der Waals surface area (Å²) in [5.41, 5.74) is 1.44. The third kappa shape index (κ3) is 2.05. The molecule has 0 aliphatic carbocycles. The van der Waals surface area contributed by atoms with E-state index in [1.165, 1.54) is 13.2 Å². The van der Waals surface area contributed by atoms with Crippen LogP contribution in [0.3, 0.4) is 0 Å². The van der Waals surface area contributed by atoms with Crippen LogP contribution in [0.25, 0.3) is 11.3 Å². The maximum atomic E-state index is 13.5. The van der Waals surface area contributed by atoms with E-state index in [9.17, 15) is 4.39 Å². The Morgan fingerprint density at radius 1 is 1.44 bits per heavy atom. The largest absolute Gasteiger partial charge is 0.494 e. The van der Waals surface area contributed by atoms with Gasteiger partial charge in [0.05, 0.1) is 18.4 Å². The summed E-state index contributed by atoms with van der Waals surface area (Å²) in [5, 5.41) is 12.9. The molecule has 0 unspecified atom stereocenters. The van der Waals surface area contributed by atoms with Crippen LogP contribution in [0.2, 0.25) is 0 Å². The van der Waals surface area contributed by atoms with E-state index in [1.807, 2.05) is 13.0 Å². The van der Waals surface area contributed by atoms with Crippen LogP contribution in [0.1, 0.15) is 18.2 Å². The third-order valence-electron chi connectivity index (χ3n) is 2.60. The van der Waals surface area contributed by atoms with Crippen molar-refractivity contribution in [1.82, 2.24) is 5.16 Å². The van der Waals surface area contributed by atoms with Gasteiger partial charge in [0.2, 0.25) is 0 Å². The van der Waals surface area contributed by atoms with Crippen molar-refractivity contribution in [2.24, 2.45) is 0 Å². The topological polar surface area (TPSA) is 59.0 Å². The molecule has 0 N–H and O–H groups in total. The first-order chi connectivity index (χ1) is 8.69. The lowest BCUT2D eigenvalue weighted by atomic mass is 10.0. The number of methoxy groups -OCH3 is 1. The predicted octanol–water partition coefficient (Wildman–Crippen LogP) is 2.92. The number of nitriles is 1. The van der Waals surface area contributed by atoms with Crippen LogP contribution in [0.5, 0.6) is 5.75 Å². The zero-order valence-corrected chi connectivity index (χ0v) is 10.0. The third-order valence-corrected chi connectivity index (χ3v) is 2.60. The Bertz CT molecular complexity index is 614. The van der Waals surface area contributed by atoms with Gasteiger partial charge in [0.1, 0.15) is 6.07 Å². The van der Waals surface area contributed by atoms with Crippen LogP contribution in [-0.2, 0) is 6.42 Å². The van der Waals surface area contributed by atoms with Crippen molar-refractivity contribution in [2.45, 2.75) is 13.3 Å². The second-order valence-electron chi connectivity index (χ2n) is 3.68. The molecule has 0 radical (unpaired) electrons. The molecule has 0 spiro atoms. The monoisotopic (exact) mass is 246 g/mol. The molecule has 0 saturated heterocycles. The summed E-state index contributed by atoms with van der Waals surface area (Å²) in [6.07, 6.45) is 0.726. The van der Waals surface area contributed by atoms with Gasteiger partial charge in [-0.2, -0.15) is 5.26 Å². The molecule has 1 heterocycles. The lowest BCUT2D eigenvalue weighted by molar-refractivity contribution is 0.386.